The summed E-state index contributed by atoms with van der Waals surface area (Å²) in [5.74, 6) is 0.113. The number of rotatable bonds is 4. The van der Waals surface area contributed by atoms with Gasteiger partial charge in [0.25, 0.3) is 11.5 Å². The Bertz CT molecular complexity index is 1590. The molecule has 0 radical (unpaired) electrons. The zero-order valence-corrected chi connectivity index (χ0v) is 21.4. The smallest absolute Gasteiger partial charge is 0.269 e. The van der Waals surface area contributed by atoms with Crippen LogP contribution in [-0.4, -0.2) is 50.5 Å². The number of amides is 1. The minimum absolute atomic E-state index is 0.0253. The number of ether oxygens (including phenoxy) is 1. The Morgan fingerprint density at radius 2 is 1.97 bits per heavy atom. The summed E-state index contributed by atoms with van der Waals surface area (Å²) in [4.78, 5) is 32.8. The molecule has 2 fully saturated rings. The fourth-order valence-corrected chi connectivity index (χ4v) is 7.21. The summed E-state index contributed by atoms with van der Waals surface area (Å²) in [5.41, 5.74) is 2.04. The maximum atomic E-state index is 13.4. The van der Waals surface area contributed by atoms with Crippen molar-refractivity contribution in [1.29, 1.82) is 0 Å². The van der Waals surface area contributed by atoms with Gasteiger partial charge < -0.3 is 4.74 Å². The van der Waals surface area contributed by atoms with E-state index in [2.05, 4.69) is 4.98 Å². The van der Waals surface area contributed by atoms with Gasteiger partial charge in [0.1, 0.15) is 21.3 Å². The number of benzene rings is 1. The first-order chi connectivity index (χ1) is 16.6. The molecule has 2 saturated heterocycles. The first kappa shape index (κ1) is 23.7. The second-order valence-corrected chi connectivity index (χ2v) is 12.4. The number of pyridine rings is 1. The number of fused-ring (bicyclic) bond motifs is 1. The molecule has 0 spiro atoms. The third-order valence-electron chi connectivity index (χ3n) is 6.17. The molecule has 4 heterocycles. The summed E-state index contributed by atoms with van der Waals surface area (Å²) in [5, 5.41) is 0. The first-order valence-corrected chi connectivity index (χ1v) is 13.9. The van der Waals surface area contributed by atoms with Crippen LogP contribution >= 0.6 is 24.0 Å². The Balaban J connectivity index is 1.60. The van der Waals surface area contributed by atoms with Crippen molar-refractivity contribution in [3.05, 3.63) is 74.5 Å². The van der Waals surface area contributed by atoms with E-state index in [1.54, 1.807) is 30.5 Å². The summed E-state index contributed by atoms with van der Waals surface area (Å²) in [7, 11) is -3.20. The number of hydrogen-bond donors (Lipinski definition) is 0. The molecule has 180 valence electrons. The number of aromatic nitrogens is 2. The van der Waals surface area contributed by atoms with Crippen LogP contribution < -0.4 is 10.3 Å². The van der Waals surface area contributed by atoms with Crippen LogP contribution in [0, 0.1) is 13.8 Å². The molecular formula is C24H21N3O5S3. The first-order valence-electron chi connectivity index (χ1n) is 10.9. The van der Waals surface area contributed by atoms with Gasteiger partial charge >= 0.3 is 0 Å². The number of thioether (sulfide) groups is 1. The predicted molar refractivity (Wildman–Crippen MR) is 140 cm³/mol. The number of carbonyl (C=O) groups excluding carboxylic acids is 1. The Morgan fingerprint density at radius 3 is 2.71 bits per heavy atom. The summed E-state index contributed by atoms with van der Waals surface area (Å²) in [6.45, 7) is 3.87. The average molecular weight is 528 g/mol. The highest BCUT2D eigenvalue weighted by Gasteiger charge is 2.42. The van der Waals surface area contributed by atoms with Crippen LogP contribution in [0.1, 0.15) is 23.1 Å². The van der Waals surface area contributed by atoms with Crippen LogP contribution in [0.4, 0.5) is 0 Å². The fourth-order valence-electron chi connectivity index (χ4n) is 4.13. The molecule has 1 amide bonds. The molecule has 3 aromatic rings. The molecule has 8 nitrogen and oxygen atoms in total. The molecule has 1 unspecified atom stereocenters. The molecule has 0 saturated carbocycles. The third-order valence-corrected chi connectivity index (χ3v) is 9.25. The van der Waals surface area contributed by atoms with E-state index in [9.17, 15) is 18.0 Å². The Kier molecular flexibility index (Phi) is 6.02. The normalized spacial score (nSPS) is 20.8. The lowest BCUT2D eigenvalue weighted by molar-refractivity contribution is -0.123. The second-order valence-electron chi connectivity index (χ2n) is 8.47. The molecule has 0 aliphatic carbocycles. The van der Waals surface area contributed by atoms with Crippen molar-refractivity contribution in [3.8, 4) is 11.6 Å². The molecule has 11 heteroatoms. The fraction of sp³-hybridized carbons (Fsp3) is 0.250. The molecule has 1 atom stereocenters. The van der Waals surface area contributed by atoms with Crippen LogP contribution in [0.25, 0.3) is 11.7 Å². The molecule has 0 bridgehead atoms. The van der Waals surface area contributed by atoms with Gasteiger partial charge in [-0.2, -0.15) is 4.98 Å². The lowest BCUT2D eigenvalue weighted by Gasteiger charge is -2.20. The molecule has 5 rings (SSSR count). The average Bonchev–Trinajstić information content (AvgIpc) is 3.31. The zero-order chi connectivity index (χ0) is 24.9. The van der Waals surface area contributed by atoms with Gasteiger partial charge in [-0.15, -0.1) is 0 Å². The third kappa shape index (κ3) is 4.39. The van der Waals surface area contributed by atoms with Gasteiger partial charge in [0, 0.05) is 6.20 Å². The summed E-state index contributed by atoms with van der Waals surface area (Å²) in [6, 6.07) is 10.3. The highest BCUT2D eigenvalue weighted by molar-refractivity contribution is 8.26. The Labute approximate surface area is 211 Å². The minimum Gasteiger partial charge on any atom is -0.438 e. The van der Waals surface area contributed by atoms with Crippen LogP contribution in [0.5, 0.6) is 11.6 Å². The minimum atomic E-state index is -3.20. The molecule has 2 aliphatic rings. The number of hydrogen-bond acceptors (Lipinski definition) is 8. The van der Waals surface area contributed by atoms with Crippen LogP contribution in [0.3, 0.4) is 0 Å². The van der Waals surface area contributed by atoms with Crippen LogP contribution in [-0.2, 0) is 14.6 Å². The second kappa shape index (κ2) is 8.89. The van der Waals surface area contributed by atoms with Crippen molar-refractivity contribution in [2.75, 3.05) is 11.5 Å². The van der Waals surface area contributed by atoms with Gasteiger partial charge in [0.15, 0.2) is 9.84 Å². The van der Waals surface area contributed by atoms with Crippen LogP contribution in [0.15, 0.2) is 52.3 Å². The number of sulfone groups is 1. The van der Waals surface area contributed by atoms with Gasteiger partial charge in [-0.05, 0) is 55.7 Å². The summed E-state index contributed by atoms with van der Waals surface area (Å²) in [6.07, 6.45) is 3.37. The van der Waals surface area contributed by atoms with E-state index in [1.807, 2.05) is 26.0 Å². The lowest BCUT2D eigenvalue weighted by Crippen LogP contribution is -2.39. The molecule has 1 aromatic carbocycles. The van der Waals surface area contributed by atoms with Crippen molar-refractivity contribution >= 4 is 55.8 Å². The Morgan fingerprint density at radius 1 is 1.17 bits per heavy atom. The van der Waals surface area contributed by atoms with E-state index in [0.717, 1.165) is 22.9 Å². The highest BCUT2D eigenvalue weighted by Crippen LogP contribution is 2.37. The summed E-state index contributed by atoms with van der Waals surface area (Å²) < 4.78 is 31.7. The standard InChI is InChI=1S/C24H21N3O5S3/c1-14-6-5-7-18(15(14)2)32-21-17(22(28)26-10-4-3-8-20(26)25-21)12-19-23(29)27(24(33)34-19)16-9-11-35(30,31)13-16/h3-8,10,12,16H,9,11,13H2,1-2H3/b19-12+. The van der Waals surface area contributed by atoms with E-state index < -0.39 is 27.3 Å². The van der Waals surface area contributed by atoms with Crippen molar-refractivity contribution in [2.24, 2.45) is 0 Å². The maximum absolute atomic E-state index is 13.4. The van der Waals surface area contributed by atoms with Gasteiger partial charge in [-0.25, -0.2) is 8.42 Å². The van der Waals surface area contributed by atoms with E-state index in [1.165, 1.54) is 15.4 Å². The molecular weight excluding hydrogens is 506 g/mol. The SMILES string of the molecule is Cc1cccc(Oc2nc3ccccn3c(=O)c2/C=C2/SC(=S)N(C3CCS(=O)(=O)C3)C2=O)c1C. The van der Waals surface area contributed by atoms with E-state index in [4.69, 9.17) is 17.0 Å². The molecule has 2 aromatic heterocycles. The molecule has 2 aliphatic heterocycles. The van der Waals surface area contributed by atoms with Crippen molar-refractivity contribution in [2.45, 2.75) is 26.3 Å². The van der Waals surface area contributed by atoms with E-state index >= 15 is 0 Å². The maximum Gasteiger partial charge on any atom is 0.269 e. The number of aryl methyl sites for hydroxylation is 1. The Hall–Kier alpha value is -3.02. The topological polar surface area (TPSA) is 98.1 Å². The monoisotopic (exact) mass is 527 g/mol. The van der Waals surface area contributed by atoms with E-state index in [0.29, 0.717) is 17.8 Å². The number of thiocarbonyl (C=S) groups is 1. The largest absolute Gasteiger partial charge is 0.438 e. The van der Waals surface area contributed by atoms with Gasteiger partial charge in [0.05, 0.1) is 22.5 Å². The number of nitrogens with zero attached hydrogens (tertiary/aromatic N) is 3. The zero-order valence-electron chi connectivity index (χ0n) is 18.9. The van der Waals surface area contributed by atoms with Gasteiger partial charge in [-0.3, -0.25) is 18.9 Å². The van der Waals surface area contributed by atoms with Gasteiger partial charge in [0.2, 0.25) is 5.88 Å². The van der Waals surface area contributed by atoms with E-state index in [-0.39, 0.29) is 32.2 Å². The summed E-state index contributed by atoms with van der Waals surface area (Å²) >= 11 is 6.44. The molecule has 0 N–H and O–H groups in total. The molecule has 35 heavy (non-hydrogen) atoms. The van der Waals surface area contributed by atoms with Crippen LogP contribution in [0.2, 0.25) is 0 Å². The quantitative estimate of drug-likeness (QED) is 0.376. The highest BCUT2D eigenvalue weighted by atomic mass is 32.2. The number of carbonyl (C=O) groups is 1. The van der Waals surface area contributed by atoms with Crippen molar-refractivity contribution in [3.63, 3.8) is 0 Å². The lowest BCUT2D eigenvalue weighted by atomic mass is 10.1. The van der Waals surface area contributed by atoms with Gasteiger partial charge in [-0.1, -0.05) is 42.2 Å². The van der Waals surface area contributed by atoms with Crippen molar-refractivity contribution in [1.82, 2.24) is 14.3 Å². The van der Waals surface area contributed by atoms with Crippen molar-refractivity contribution < 1.29 is 17.9 Å². The predicted octanol–water partition coefficient (Wildman–Crippen LogP) is 3.49.